The Morgan fingerprint density at radius 2 is 0.588 bits per heavy atom. The molecule has 0 fully saturated rings. The third kappa shape index (κ3) is 20.2. The zero-order valence-corrected chi connectivity index (χ0v) is 20.0. The fourth-order valence-corrected chi connectivity index (χ4v) is 2.14. The van der Waals surface area contributed by atoms with Gasteiger partial charge in [0, 0.05) is 11.4 Å². The average molecular weight is 465 g/mol. The summed E-state index contributed by atoms with van der Waals surface area (Å²) in [6, 6.07) is 39.7. The Balaban J connectivity index is 0. The van der Waals surface area contributed by atoms with Crippen molar-refractivity contribution in [3.63, 3.8) is 0 Å². The first-order valence-corrected chi connectivity index (χ1v) is 10.4. The zero-order chi connectivity index (χ0) is 25.9. The van der Waals surface area contributed by atoms with Gasteiger partial charge < -0.3 is 10.9 Å². The molecule has 0 aliphatic heterocycles. The van der Waals surface area contributed by atoms with E-state index in [0.717, 1.165) is 11.4 Å². The second-order valence-corrected chi connectivity index (χ2v) is 6.33. The summed E-state index contributed by atoms with van der Waals surface area (Å²) in [6.07, 6.45) is 0. The highest BCUT2D eigenvalue weighted by Gasteiger charge is 1.79. The summed E-state index contributed by atoms with van der Waals surface area (Å²) < 4.78 is 0. The number of rotatable bonds is 2. The van der Waals surface area contributed by atoms with Crippen molar-refractivity contribution in [1.29, 1.82) is 0 Å². The van der Waals surface area contributed by atoms with Gasteiger partial charge in [0.25, 0.3) is 0 Å². The fraction of sp³-hybridized carbons (Fsp3) is 0.0769. The lowest BCUT2D eigenvalue weighted by molar-refractivity contribution is 1.26. The van der Waals surface area contributed by atoms with Crippen LogP contribution in [-0.2, 0) is 0 Å². The van der Waals surface area contributed by atoms with Crippen molar-refractivity contribution >= 4 is 11.4 Å². The maximum absolute atomic E-state index is 5.10. The molecule has 0 aliphatic carbocycles. The van der Waals surface area contributed by atoms with E-state index in [1.807, 2.05) is 97.1 Å². The second-order valence-electron chi connectivity index (χ2n) is 6.33. The van der Waals surface area contributed by atoms with Crippen LogP contribution in [-0.4, -0.2) is 0 Å². The summed E-state index contributed by atoms with van der Waals surface area (Å²) in [4.78, 5) is 0. The Morgan fingerprint density at radius 3 is 0.706 bits per heavy atom. The van der Waals surface area contributed by atoms with Gasteiger partial charge in [0.1, 0.15) is 0 Å². The van der Waals surface area contributed by atoms with E-state index in [0.29, 0.717) is 0 Å². The van der Waals surface area contributed by atoms with Crippen LogP contribution in [0.2, 0.25) is 0 Å². The first kappa shape index (κ1) is 32.4. The summed E-state index contributed by atoms with van der Waals surface area (Å²) in [5, 5.41) is 0. The Kier molecular flexibility index (Phi) is 24.3. The van der Waals surface area contributed by atoms with Crippen LogP contribution in [0.1, 0.15) is 11.1 Å². The Labute approximate surface area is 203 Å². The molecule has 4 aromatic carbocycles. The molecule has 34 heavy (non-hydrogen) atoms. The van der Waals surface area contributed by atoms with Crippen molar-refractivity contribution in [2.45, 2.75) is 13.8 Å². The third-order valence-electron chi connectivity index (χ3n) is 3.76. The fourth-order valence-electron chi connectivity index (χ4n) is 2.14. The minimum atomic E-state index is 0.938. The van der Waals surface area contributed by atoms with E-state index in [4.69, 9.17) is 11.7 Å². The van der Waals surface area contributed by atoms with Crippen molar-refractivity contribution in [2.75, 3.05) is 10.9 Å². The van der Waals surface area contributed by atoms with Crippen molar-refractivity contribution < 1.29 is 0 Å². The highest BCUT2D eigenvalue weighted by Crippen LogP contribution is 2.01. The summed E-state index contributed by atoms with van der Waals surface area (Å²) in [6.45, 7) is 4.17. The number of hydrazine groups is 4. The van der Waals surface area contributed by atoms with Crippen molar-refractivity contribution in [2.24, 2.45) is 35.1 Å². The molecular formula is C26H40N8. The van der Waals surface area contributed by atoms with Crippen LogP contribution in [0, 0.1) is 13.8 Å². The lowest BCUT2D eigenvalue weighted by atomic mass is 10.2. The van der Waals surface area contributed by atoms with E-state index in [1.165, 1.54) is 11.1 Å². The van der Waals surface area contributed by atoms with Gasteiger partial charge in [-0.25, -0.2) is 0 Å². The number of aryl methyl sites for hydroxylation is 2. The quantitative estimate of drug-likeness (QED) is 0.164. The average Bonchev–Trinajstić information content (AvgIpc) is 2.94. The predicted octanol–water partition coefficient (Wildman–Crippen LogP) is 3.57. The first-order valence-electron chi connectivity index (χ1n) is 10.4. The normalized spacial score (nSPS) is 8.00. The predicted molar refractivity (Wildman–Crippen MR) is 148 cm³/mol. The highest BCUT2D eigenvalue weighted by atomic mass is 15.2. The number of benzene rings is 4. The van der Waals surface area contributed by atoms with Gasteiger partial charge >= 0.3 is 0 Å². The molecule has 4 aromatic rings. The second kappa shape index (κ2) is 25.5. The molecule has 0 radical (unpaired) electrons. The number of hydrogen-bond acceptors (Lipinski definition) is 8. The van der Waals surface area contributed by atoms with E-state index in [2.05, 4.69) is 72.3 Å². The van der Waals surface area contributed by atoms with Crippen molar-refractivity contribution in [3.05, 3.63) is 132 Å². The molecule has 0 amide bonds. The molecule has 0 aliphatic rings. The Hall–Kier alpha value is -3.76. The monoisotopic (exact) mass is 464 g/mol. The maximum atomic E-state index is 5.10. The summed E-state index contributed by atoms with van der Waals surface area (Å²) in [5.41, 5.74) is 9.57. The van der Waals surface area contributed by atoms with Crippen molar-refractivity contribution in [3.8, 4) is 0 Å². The molecule has 8 heteroatoms. The smallest absolute Gasteiger partial charge is 0.0485 e. The topological polar surface area (TPSA) is 180 Å². The summed E-state index contributed by atoms with van der Waals surface area (Å²) in [7, 11) is 0. The number of nitrogens with two attached hydrogens (primary N) is 6. The number of anilines is 2. The number of para-hydroxylation sites is 2. The zero-order valence-electron chi connectivity index (χ0n) is 20.0. The van der Waals surface area contributed by atoms with E-state index in [1.54, 1.807) is 0 Å². The molecule has 0 bridgehead atoms. The lowest BCUT2D eigenvalue weighted by Gasteiger charge is -1.94. The van der Waals surface area contributed by atoms with Crippen LogP contribution in [0.4, 0.5) is 11.4 Å². The number of nitrogens with one attached hydrogen (secondary N) is 2. The van der Waals surface area contributed by atoms with E-state index in [-0.39, 0.29) is 0 Å². The molecule has 184 valence electrons. The molecule has 0 unspecified atom stereocenters. The number of hydrogen-bond donors (Lipinski definition) is 8. The van der Waals surface area contributed by atoms with Crippen LogP contribution < -0.4 is 45.9 Å². The SMILES string of the molecule is Cc1ccccc1.Cc1ccccc1.NN.NN.NNc1ccccc1.NNc1ccccc1. The molecule has 14 N–H and O–H groups in total. The third-order valence-corrected chi connectivity index (χ3v) is 3.76. The van der Waals surface area contributed by atoms with Gasteiger partial charge in [-0.05, 0) is 38.1 Å². The van der Waals surface area contributed by atoms with Gasteiger partial charge in [-0.1, -0.05) is 108 Å². The first-order chi connectivity index (χ1) is 16.7. The van der Waals surface area contributed by atoms with Gasteiger partial charge in [-0.2, -0.15) is 0 Å². The minimum absolute atomic E-state index is 0.938. The molecule has 0 saturated carbocycles. The van der Waals surface area contributed by atoms with Gasteiger partial charge in [0.15, 0.2) is 0 Å². The standard InChI is InChI=1S/2C7H8.2C6H8N2.2H4N2/c2*1-7-5-3-2-4-6-7;2*7-8-6-4-2-1-3-5-6;2*1-2/h2*2-6H,1H3;2*1-5,8H,7H2;2*1-2H2. The van der Waals surface area contributed by atoms with E-state index in [9.17, 15) is 0 Å². The van der Waals surface area contributed by atoms with Crippen LogP contribution >= 0.6 is 0 Å². The largest absolute Gasteiger partial charge is 0.324 e. The lowest BCUT2D eigenvalue weighted by Crippen LogP contribution is -2.05. The summed E-state index contributed by atoms with van der Waals surface area (Å²) >= 11 is 0. The van der Waals surface area contributed by atoms with Crippen LogP contribution in [0.3, 0.4) is 0 Å². The molecule has 0 aromatic heterocycles. The van der Waals surface area contributed by atoms with Gasteiger partial charge in [0.2, 0.25) is 0 Å². The molecule has 8 nitrogen and oxygen atoms in total. The maximum Gasteiger partial charge on any atom is 0.0485 e. The molecular weight excluding hydrogens is 424 g/mol. The molecule has 0 heterocycles. The molecule has 0 saturated heterocycles. The molecule has 0 atom stereocenters. The molecule has 4 rings (SSSR count). The van der Waals surface area contributed by atoms with Crippen LogP contribution in [0.15, 0.2) is 121 Å². The van der Waals surface area contributed by atoms with E-state index >= 15 is 0 Å². The van der Waals surface area contributed by atoms with Gasteiger partial charge in [-0.3, -0.25) is 35.1 Å². The van der Waals surface area contributed by atoms with Gasteiger partial charge in [0.05, 0.1) is 0 Å². The Bertz CT molecular complexity index is 800. The van der Waals surface area contributed by atoms with E-state index < -0.39 is 0 Å². The molecule has 0 spiro atoms. The Morgan fingerprint density at radius 1 is 0.382 bits per heavy atom. The van der Waals surface area contributed by atoms with Crippen LogP contribution in [0.25, 0.3) is 0 Å². The minimum Gasteiger partial charge on any atom is -0.324 e. The number of nitrogen functional groups attached to an aromatic ring is 2. The van der Waals surface area contributed by atoms with Crippen molar-refractivity contribution in [1.82, 2.24) is 0 Å². The highest BCUT2D eigenvalue weighted by molar-refractivity contribution is 5.41. The van der Waals surface area contributed by atoms with Crippen LogP contribution in [0.5, 0.6) is 0 Å². The van der Waals surface area contributed by atoms with Gasteiger partial charge in [-0.15, -0.1) is 0 Å². The summed E-state index contributed by atoms with van der Waals surface area (Å²) in [5.74, 6) is 26.2.